The van der Waals surface area contributed by atoms with Gasteiger partial charge in [0.05, 0.1) is 19.6 Å². The lowest BCUT2D eigenvalue weighted by molar-refractivity contribution is -0.385. The molecule has 35 heavy (non-hydrogen) atoms. The molecule has 0 fully saturated rings. The molecule has 0 N–H and O–H groups in total. The van der Waals surface area contributed by atoms with Crippen LogP contribution < -0.4 is 0 Å². The Morgan fingerprint density at radius 2 is 0.886 bits per heavy atom. The first kappa shape index (κ1) is 23.8. The van der Waals surface area contributed by atoms with Gasteiger partial charge in [-0.15, -0.1) is 0 Å². The number of nitro benzene ring substituents is 2. The number of nitrogens with zero attached hydrogens (tertiary/aromatic N) is 2. The maximum Gasteiger partial charge on any atom is 0.269 e. The van der Waals surface area contributed by atoms with Gasteiger partial charge in [0.1, 0.15) is 0 Å². The summed E-state index contributed by atoms with van der Waals surface area (Å²) in [5, 5.41) is 21.8. The molecular weight excluding hydrogens is 468 g/mol. The molecule has 0 aliphatic rings. The Labute approximate surface area is 201 Å². The van der Waals surface area contributed by atoms with Crippen LogP contribution in [0.3, 0.4) is 0 Å². The highest BCUT2D eigenvalue weighted by Gasteiger charge is 2.24. The number of sulfone groups is 1. The molecule has 4 aromatic carbocycles. The van der Waals surface area contributed by atoms with Crippen LogP contribution >= 0.6 is 0 Å². The number of rotatable bonds is 8. The fourth-order valence-electron chi connectivity index (χ4n) is 3.85. The molecule has 0 radical (unpaired) electrons. The van der Waals surface area contributed by atoms with Crippen molar-refractivity contribution in [3.8, 4) is 0 Å². The number of non-ortho nitro benzene ring substituents is 2. The summed E-state index contributed by atoms with van der Waals surface area (Å²) in [6, 6.07) is 25.4. The predicted octanol–water partition coefficient (Wildman–Crippen LogP) is 5.52. The molecule has 0 heterocycles. The summed E-state index contributed by atoms with van der Waals surface area (Å²) < 4.78 is 27.5. The Morgan fingerprint density at radius 3 is 1.23 bits per heavy atom. The number of benzene rings is 4. The van der Waals surface area contributed by atoms with E-state index in [4.69, 9.17) is 0 Å². The molecule has 0 atom stereocenters. The Bertz CT molecular complexity index is 1390. The van der Waals surface area contributed by atoms with E-state index in [0.717, 1.165) is 11.1 Å². The Balaban J connectivity index is 1.68. The highest BCUT2D eigenvalue weighted by atomic mass is 32.2. The average molecular weight is 489 g/mol. The summed E-state index contributed by atoms with van der Waals surface area (Å²) in [4.78, 5) is 21.2. The van der Waals surface area contributed by atoms with Gasteiger partial charge in [0.15, 0.2) is 0 Å². The summed E-state index contributed by atoms with van der Waals surface area (Å²) in [5.74, 6) is 0. The third-order valence-electron chi connectivity index (χ3n) is 5.61. The van der Waals surface area contributed by atoms with E-state index in [1.165, 1.54) is 24.3 Å². The molecule has 0 bridgehead atoms. The molecule has 0 aromatic heterocycles. The van der Waals surface area contributed by atoms with Gasteiger partial charge in [-0.25, -0.2) is 8.42 Å². The van der Waals surface area contributed by atoms with E-state index in [0.29, 0.717) is 11.1 Å². The van der Waals surface area contributed by atoms with E-state index in [-0.39, 0.29) is 34.0 Å². The van der Waals surface area contributed by atoms with Crippen molar-refractivity contribution in [2.45, 2.75) is 22.6 Å². The van der Waals surface area contributed by atoms with Crippen LogP contribution in [0.2, 0.25) is 0 Å². The van der Waals surface area contributed by atoms with Gasteiger partial charge < -0.3 is 0 Å². The fourth-order valence-corrected chi connectivity index (χ4v) is 5.58. The molecule has 4 rings (SSSR count). The summed E-state index contributed by atoms with van der Waals surface area (Å²) in [7, 11) is -3.90. The van der Waals surface area contributed by atoms with E-state index < -0.39 is 19.7 Å². The van der Waals surface area contributed by atoms with Crippen LogP contribution in [0.25, 0.3) is 0 Å². The van der Waals surface area contributed by atoms with E-state index in [2.05, 4.69) is 0 Å². The van der Waals surface area contributed by atoms with Crippen LogP contribution in [0.4, 0.5) is 11.4 Å². The lowest BCUT2D eigenvalue weighted by atomic mass is 10.0. The first-order valence-electron chi connectivity index (χ1n) is 10.6. The van der Waals surface area contributed by atoms with Crippen molar-refractivity contribution < 1.29 is 18.3 Å². The first-order valence-corrected chi connectivity index (χ1v) is 12.1. The summed E-state index contributed by atoms with van der Waals surface area (Å²) in [5.41, 5.74) is 2.58. The van der Waals surface area contributed by atoms with E-state index in [1.807, 2.05) is 0 Å². The second-order valence-corrected chi connectivity index (χ2v) is 9.81. The Hall–Kier alpha value is -4.37. The average Bonchev–Trinajstić information content (AvgIpc) is 2.85. The molecule has 0 aliphatic heterocycles. The third-order valence-corrected chi connectivity index (χ3v) is 7.56. The third kappa shape index (κ3) is 5.25. The van der Waals surface area contributed by atoms with Crippen molar-refractivity contribution in [2.24, 2.45) is 0 Å². The van der Waals surface area contributed by atoms with Gasteiger partial charge in [-0.3, -0.25) is 20.2 Å². The highest BCUT2D eigenvalue weighted by molar-refractivity contribution is 7.91. The molecule has 9 heteroatoms. The zero-order valence-electron chi connectivity index (χ0n) is 18.4. The molecule has 0 spiro atoms. The first-order chi connectivity index (χ1) is 16.8. The quantitative estimate of drug-likeness (QED) is 0.238. The maximum absolute atomic E-state index is 13.8. The minimum absolute atomic E-state index is 0.0326. The van der Waals surface area contributed by atoms with Gasteiger partial charge >= 0.3 is 0 Å². The molecule has 8 nitrogen and oxygen atoms in total. The van der Waals surface area contributed by atoms with Crippen LogP contribution in [-0.4, -0.2) is 18.3 Å². The van der Waals surface area contributed by atoms with Gasteiger partial charge in [0.2, 0.25) is 9.84 Å². The Kier molecular flexibility index (Phi) is 6.70. The van der Waals surface area contributed by atoms with Crippen LogP contribution in [0.5, 0.6) is 0 Å². The molecule has 176 valence electrons. The van der Waals surface area contributed by atoms with Gasteiger partial charge in [-0.2, -0.15) is 0 Å². The highest BCUT2D eigenvalue weighted by Crippen LogP contribution is 2.30. The van der Waals surface area contributed by atoms with Gasteiger partial charge in [-0.05, 0) is 47.2 Å². The number of hydrogen-bond acceptors (Lipinski definition) is 6. The van der Waals surface area contributed by atoms with Crippen LogP contribution in [0.1, 0.15) is 22.3 Å². The molecule has 0 saturated heterocycles. The van der Waals surface area contributed by atoms with Crippen molar-refractivity contribution in [3.63, 3.8) is 0 Å². The van der Waals surface area contributed by atoms with Crippen LogP contribution in [0.15, 0.2) is 107 Å². The summed E-state index contributed by atoms with van der Waals surface area (Å²) in [6.45, 7) is 0. The second-order valence-electron chi connectivity index (χ2n) is 7.92. The van der Waals surface area contributed by atoms with Gasteiger partial charge in [0, 0.05) is 24.3 Å². The Morgan fingerprint density at radius 1 is 0.543 bits per heavy atom. The molecule has 4 aromatic rings. The minimum Gasteiger partial charge on any atom is -0.258 e. The zero-order valence-corrected chi connectivity index (χ0v) is 19.2. The summed E-state index contributed by atoms with van der Waals surface area (Å²) >= 11 is 0. The number of hydrogen-bond donors (Lipinski definition) is 0. The van der Waals surface area contributed by atoms with Crippen molar-refractivity contribution in [2.75, 3.05) is 0 Å². The van der Waals surface area contributed by atoms with E-state index in [9.17, 15) is 28.6 Å². The zero-order chi connectivity index (χ0) is 25.0. The predicted molar refractivity (Wildman–Crippen MR) is 130 cm³/mol. The minimum atomic E-state index is -3.90. The molecule has 0 unspecified atom stereocenters. The maximum atomic E-state index is 13.8. The van der Waals surface area contributed by atoms with Crippen molar-refractivity contribution in [3.05, 3.63) is 140 Å². The van der Waals surface area contributed by atoms with Crippen molar-refractivity contribution >= 4 is 21.2 Å². The van der Waals surface area contributed by atoms with Crippen molar-refractivity contribution in [1.29, 1.82) is 0 Å². The second kappa shape index (κ2) is 9.86. The van der Waals surface area contributed by atoms with Crippen LogP contribution in [0, 0.1) is 20.2 Å². The molecular formula is C26H20N2O6S. The molecule has 0 amide bonds. The van der Waals surface area contributed by atoms with E-state index in [1.54, 1.807) is 72.8 Å². The molecule has 0 aliphatic carbocycles. The smallest absolute Gasteiger partial charge is 0.258 e. The topological polar surface area (TPSA) is 120 Å². The lowest BCUT2D eigenvalue weighted by Gasteiger charge is -2.14. The van der Waals surface area contributed by atoms with E-state index >= 15 is 0 Å². The largest absolute Gasteiger partial charge is 0.269 e. The SMILES string of the molecule is O=[N+]([O-])c1ccc(Cc2ccccc2S(=O)(=O)c2ccccc2Cc2ccc([N+](=O)[O-])cc2)cc1. The summed E-state index contributed by atoms with van der Waals surface area (Å²) in [6.07, 6.45) is 0.579. The standard InChI is InChI=1S/C26H20N2O6S/c29-27(30)23-13-9-19(10-14-23)17-21-5-1-3-7-25(21)35(33,34)26-8-4-2-6-22(26)18-20-11-15-24(16-12-20)28(31)32/h1-16H,17-18H2. The van der Waals surface area contributed by atoms with Gasteiger partial charge in [0.25, 0.3) is 11.4 Å². The molecule has 0 saturated carbocycles. The van der Waals surface area contributed by atoms with Crippen molar-refractivity contribution in [1.82, 2.24) is 0 Å². The lowest BCUT2D eigenvalue weighted by Crippen LogP contribution is -2.09. The monoisotopic (exact) mass is 488 g/mol. The normalized spacial score (nSPS) is 11.2. The van der Waals surface area contributed by atoms with Crippen LogP contribution in [-0.2, 0) is 22.7 Å². The number of nitro groups is 2. The van der Waals surface area contributed by atoms with Gasteiger partial charge in [-0.1, -0.05) is 60.7 Å². The fraction of sp³-hybridized carbons (Fsp3) is 0.0769.